The molecule has 2 aliphatic heterocycles. The molecule has 2 heterocycles. The Kier molecular flexibility index (Phi) is 4.15. The quantitative estimate of drug-likeness (QED) is 0.757. The van der Waals surface area contributed by atoms with Gasteiger partial charge in [0.1, 0.15) is 6.04 Å². The molecule has 7 nitrogen and oxygen atoms in total. The summed E-state index contributed by atoms with van der Waals surface area (Å²) in [5.74, 6) is -1.70. The number of aliphatic carboxylic acids is 1. The highest BCUT2D eigenvalue weighted by atomic mass is 16.4. The van der Waals surface area contributed by atoms with E-state index in [2.05, 4.69) is 0 Å². The molecule has 2 rings (SSSR count). The standard InChI is InChI=1S/C13H21N3O4/c1-8-4-5-9(11(14)17)7-16(8)13(20)15-6-2-3-10(15)12(18)19/h8-10H,2-7H2,1H3,(H2,14,17)(H,18,19). The van der Waals surface area contributed by atoms with Crippen molar-refractivity contribution in [2.45, 2.75) is 44.7 Å². The number of primary amides is 1. The Morgan fingerprint density at radius 3 is 2.45 bits per heavy atom. The molecule has 2 saturated heterocycles. The SMILES string of the molecule is CC1CCC(C(N)=O)CN1C(=O)N1CCCC1C(=O)O. The van der Waals surface area contributed by atoms with Gasteiger partial charge in [-0.2, -0.15) is 0 Å². The lowest BCUT2D eigenvalue weighted by molar-refractivity contribution is -0.141. The number of hydrogen-bond acceptors (Lipinski definition) is 3. The van der Waals surface area contributed by atoms with Crippen LogP contribution in [-0.2, 0) is 9.59 Å². The number of carboxylic acids is 1. The predicted molar refractivity (Wildman–Crippen MR) is 70.8 cm³/mol. The first-order valence-corrected chi connectivity index (χ1v) is 7.01. The summed E-state index contributed by atoms with van der Waals surface area (Å²) < 4.78 is 0. The van der Waals surface area contributed by atoms with Gasteiger partial charge in [-0.05, 0) is 32.6 Å². The van der Waals surface area contributed by atoms with Gasteiger partial charge in [0.25, 0.3) is 0 Å². The van der Waals surface area contributed by atoms with E-state index in [1.807, 2.05) is 6.92 Å². The topological polar surface area (TPSA) is 104 Å². The summed E-state index contributed by atoms with van der Waals surface area (Å²) >= 11 is 0. The number of nitrogens with two attached hydrogens (primary N) is 1. The Bertz CT molecular complexity index is 426. The number of amides is 3. The van der Waals surface area contributed by atoms with Crippen molar-refractivity contribution >= 4 is 17.9 Å². The number of likely N-dealkylation sites (tertiary alicyclic amines) is 2. The third kappa shape index (κ3) is 2.71. The summed E-state index contributed by atoms with van der Waals surface area (Å²) in [6.07, 6.45) is 2.58. The molecule has 0 radical (unpaired) electrons. The van der Waals surface area contributed by atoms with Crippen LogP contribution in [0.2, 0.25) is 0 Å². The van der Waals surface area contributed by atoms with E-state index in [0.717, 1.165) is 0 Å². The van der Waals surface area contributed by atoms with Crippen LogP contribution < -0.4 is 5.73 Å². The van der Waals surface area contributed by atoms with Gasteiger partial charge in [0.2, 0.25) is 5.91 Å². The zero-order valence-electron chi connectivity index (χ0n) is 11.6. The van der Waals surface area contributed by atoms with E-state index in [-0.39, 0.29) is 24.5 Å². The van der Waals surface area contributed by atoms with Crippen molar-refractivity contribution in [2.75, 3.05) is 13.1 Å². The number of carbonyl (C=O) groups is 3. The molecule has 0 aromatic rings. The van der Waals surface area contributed by atoms with Crippen LogP contribution in [0.4, 0.5) is 4.79 Å². The Morgan fingerprint density at radius 2 is 1.85 bits per heavy atom. The summed E-state index contributed by atoms with van der Waals surface area (Å²) in [6.45, 7) is 2.67. The van der Waals surface area contributed by atoms with E-state index >= 15 is 0 Å². The van der Waals surface area contributed by atoms with Crippen LogP contribution in [0, 0.1) is 5.92 Å². The maximum Gasteiger partial charge on any atom is 0.326 e. The van der Waals surface area contributed by atoms with Gasteiger partial charge in [0.05, 0.1) is 5.92 Å². The lowest BCUT2D eigenvalue weighted by Gasteiger charge is -2.39. The van der Waals surface area contributed by atoms with Crippen LogP contribution in [0.3, 0.4) is 0 Å². The molecule has 112 valence electrons. The van der Waals surface area contributed by atoms with Gasteiger partial charge in [0.15, 0.2) is 0 Å². The highest BCUT2D eigenvalue weighted by Crippen LogP contribution is 2.26. The first kappa shape index (κ1) is 14.6. The number of carbonyl (C=O) groups excluding carboxylic acids is 2. The zero-order chi connectivity index (χ0) is 14.9. The lowest BCUT2D eigenvalue weighted by atomic mass is 9.93. The molecule has 3 unspecified atom stereocenters. The minimum atomic E-state index is -0.966. The molecule has 2 aliphatic rings. The summed E-state index contributed by atoms with van der Waals surface area (Å²) in [6, 6.07) is -1.02. The van der Waals surface area contributed by atoms with Crippen LogP contribution in [-0.4, -0.2) is 58.0 Å². The molecule has 0 saturated carbocycles. The monoisotopic (exact) mass is 283 g/mol. The maximum absolute atomic E-state index is 12.5. The molecule has 3 amide bonds. The van der Waals surface area contributed by atoms with Crippen molar-refractivity contribution in [1.82, 2.24) is 9.80 Å². The van der Waals surface area contributed by atoms with Crippen LogP contribution in [0.25, 0.3) is 0 Å². The van der Waals surface area contributed by atoms with Crippen molar-refractivity contribution in [1.29, 1.82) is 0 Å². The van der Waals surface area contributed by atoms with Crippen molar-refractivity contribution in [2.24, 2.45) is 11.7 Å². The van der Waals surface area contributed by atoms with E-state index in [1.165, 1.54) is 4.90 Å². The summed E-state index contributed by atoms with van der Waals surface area (Å²) in [5.41, 5.74) is 5.32. The van der Waals surface area contributed by atoms with E-state index < -0.39 is 17.9 Å². The average molecular weight is 283 g/mol. The van der Waals surface area contributed by atoms with Crippen molar-refractivity contribution in [3.8, 4) is 0 Å². The van der Waals surface area contributed by atoms with Crippen LogP contribution in [0.5, 0.6) is 0 Å². The molecule has 20 heavy (non-hydrogen) atoms. The van der Waals surface area contributed by atoms with E-state index in [9.17, 15) is 14.4 Å². The van der Waals surface area contributed by atoms with Crippen molar-refractivity contribution < 1.29 is 19.5 Å². The molecule has 0 bridgehead atoms. The van der Waals surface area contributed by atoms with E-state index in [0.29, 0.717) is 32.2 Å². The summed E-state index contributed by atoms with van der Waals surface area (Å²) in [7, 11) is 0. The summed E-state index contributed by atoms with van der Waals surface area (Å²) in [4.78, 5) is 38.0. The molecule has 0 aromatic heterocycles. The van der Waals surface area contributed by atoms with Gasteiger partial charge in [-0.15, -0.1) is 0 Å². The third-order valence-electron chi connectivity index (χ3n) is 4.31. The number of urea groups is 1. The normalized spacial score (nSPS) is 30.4. The first-order chi connectivity index (χ1) is 9.41. The van der Waals surface area contributed by atoms with Crippen molar-refractivity contribution in [3.05, 3.63) is 0 Å². The smallest absolute Gasteiger partial charge is 0.326 e. The molecule has 0 aliphatic carbocycles. The Morgan fingerprint density at radius 1 is 1.15 bits per heavy atom. The second-order valence-corrected chi connectivity index (χ2v) is 5.65. The number of rotatable bonds is 2. The van der Waals surface area contributed by atoms with Gasteiger partial charge in [-0.25, -0.2) is 9.59 Å². The Hall–Kier alpha value is -1.79. The highest BCUT2D eigenvalue weighted by Gasteiger charge is 2.40. The number of carboxylic acid groups (broad SMARTS) is 1. The third-order valence-corrected chi connectivity index (χ3v) is 4.31. The zero-order valence-corrected chi connectivity index (χ0v) is 11.6. The van der Waals surface area contributed by atoms with Gasteiger partial charge >= 0.3 is 12.0 Å². The van der Waals surface area contributed by atoms with E-state index in [4.69, 9.17) is 10.8 Å². The molecule has 7 heteroatoms. The molecule has 0 aromatic carbocycles. The minimum Gasteiger partial charge on any atom is -0.480 e. The maximum atomic E-state index is 12.5. The molecule has 3 atom stereocenters. The average Bonchev–Trinajstić information content (AvgIpc) is 2.87. The second kappa shape index (κ2) is 5.68. The van der Waals surface area contributed by atoms with Gasteiger partial charge in [0, 0.05) is 19.1 Å². The first-order valence-electron chi connectivity index (χ1n) is 7.01. The summed E-state index contributed by atoms with van der Waals surface area (Å²) in [5, 5.41) is 9.15. The predicted octanol–water partition coefficient (Wildman–Crippen LogP) is 0.241. The van der Waals surface area contributed by atoms with Crippen LogP contribution in [0.1, 0.15) is 32.6 Å². The molecular weight excluding hydrogens is 262 g/mol. The second-order valence-electron chi connectivity index (χ2n) is 5.65. The molecule has 0 spiro atoms. The fraction of sp³-hybridized carbons (Fsp3) is 0.769. The highest BCUT2D eigenvalue weighted by molar-refractivity contribution is 5.84. The Labute approximate surface area is 117 Å². The number of hydrogen-bond donors (Lipinski definition) is 2. The number of nitrogens with zero attached hydrogens (tertiary/aromatic N) is 2. The van der Waals surface area contributed by atoms with Gasteiger partial charge in [-0.1, -0.05) is 0 Å². The molecule has 3 N–H and O–H groups in total. The van der Waals surface area contributed by atoms with Gasteiger partial charge in [-0.3, -0.25) is 4.79 Å². The number of piperidine rings is 1. The van der Waals surface area contributed by atoms with Crippen molar-refractivity contribution in [3.63, 3.8) is 0 Å². The van der Waals surface area contributed by atoms with E-state index in [1.54, 1.807) is 4.90 Å². The van der Waals surface area contributed by atoms with Gasteiger partial charge < -0.3 is 20.6 Å². The largest absolute Gasteiger partial charge is 0.480 e. The van der Waals surface area contributed by atoms with Crippen LogP contribution >= 0.6 is 0 Å². The lowest BCUT2D eigenvalue weighted by Crippen LogP contribution is -2.55. The molecule has 2 fully saturated rings. The fourth-order valence-electron chi connectivity index (χ4n) is 3.02. The fourth-order valence-corrected chi connectivity index (χ4v) is 3.02. The minimum absolute atomic E-state index is 0.00754. The molecular formula is C13H21N3O4. The Balaban J connectivity index is 2.10. The van der Waals surface area contributed by atoms with Crippen LogP contribution in [0.15, 0.2) is 0 Å².